The number of benzene rings is 2. The number of aliphatic imine (C=N–C) groups is 1. The standard InChI is InChI=1S/C24H23N3OS/c1-4-14-27-16-18(19-11-7-9-13-21(19)27)15-22-23(28)26(3)24(29-22)25-20-12-8-6-10-17(20)5-2/h4,6-13,15-16H,1,5,14H2,2-3H3/b22-15+,25-24?. The van der Waals surface area contributed by atoms with Crippen LogP contribution in [0.3, 0.4) is 0 Å². The number of nitrogens with zero attached hydrogens (tertiary/aromatic N) is 3. The molecule has 2 heterocycles. The summed E-state index contributed by atoms with van der Waals surface area (Å²) < 4.78 is 2.15. The zero-order chi connectivity index (χ0) is 20.4. The molecule has 3 aromatic rings. The predicted octanol–water partition coefficient (Wildman–Crippen LogP) is 5.62. The lowest BCUT2D eigenvalue weighted by molar-refractivity contribution is -0.121. The van der Waals surface area contributed by atoms with Gasteiger partial charge in [-0.25, -0.2) is 4.99 Å². The highest BCUT2D eigenvalue weighted by atomic mass is 32.2. The molecule has 146 valence electrons. The van der Waals surface area contributed by atoms with Gasteiger partial charge in [0.05, 0.1) is 10.6 Å². The molecule has 1 saturated heterocycles. The summed E-state index contributed by atoms with van der Waals surface area (Å²) in [6, 6.07) is 16.3. The Morgan fingerprint density at radius 3 is 2.69 bits per heavy atom. The molecule has 1 aliphatic heterocycles. The number of allylic oxidation sites excluding steroid dienone is 1. The molecule has 0 unspecified atom stereocenters. The molecule has 1 fully saturated rings. The van der Waals surface area contributed by atoms with Gasteiger partial charge in [-0.1, -0.05) is 49.4 Å². The first kappa shape index (κ1) is 19.3. The maximum atomic E-state index is 12.9. The number of aromatic nitrogens is 1. The van der Waals surface area contributed by atoms with Gasteiger partial charge in [0.1, 0.15) is 0 Å². The van der Waals surface area contributed by atoms with E-state index in [4.69, 9.17) is 4.99 Å². The summed E-state index contributed by atoms with van der Waals surface area (Å²) in [6.07, 6.45) is 6.83. The molecule has 29 heavy (non-hydrogen) atoms. The van der Waals surface area contributed by atoms with Crippen LogP contribution in [0, 0.1) is 0 Å². The summed E-state index contributed by atoms with van der Waals surface area (Å²) in [7, 11) is 1.78. The lowest BCUT2D eigenvalue weighted by atomic mass is 10.1. The number of amides is 1. The van der Waals surface area contributed by atoms with Gasteiger partial charge in [0.25, 0.3) is 5.91 Å². The SMILES string of the molecule is C=CCn1cc(/C=C2/SC(=Nc3ccccc3CC)N(C)C2=O)c2ccccc21. The van der Waals surface area contributed by atoms with Crippen molar-refractivity contribution >= 4 is 45.5 Å². The van der Waals surface area contributed by atoms with Crippen LogP contribution in [0.2, 0.25) is 0 Å². The van der Waals surface area contributed by atoms with Crippen molar-refractivity contribution in [1.29, 1.82) is 0 Å². The van der Waals surface area contributed by atoms with Crippen molar-refractivity contribution in [2.75, 3.05) is 7.05 Å². The number of hydrogen-bond donors (Lipinski definition) is 0. The lowest BCUT2D eigenvalue weighted by Gasteiger charge is -2.08. The predicted molar refractivity (Wildman–Crippen MR) is 123 cm³/mol. The average Bonchev–Trinajstić information content (AvgIpc) is 3.22. The van der Waals surface area contributed by atoms with E-state index in [1.54, 1.807) is 11.9 Å². The molecule has 4 rings (SSSR count). The number of amidine groups is 1. The largest absolute Gasteiger partial charge is 0.343 e. The summed E-state index contributed by atoms with van der Waals surface area (Å²) in [5.41, 5.74) is 4.25. The Bertz CT molecular complexity index is 1160. The highest BCUT2D eigenvalue weighted by Gasteiger charge is 2.30. The molecule has 1 aromatic heterocycles. The van der Waals surface area contributed by atoms with Crippen LogP contribution in [0.15, 0.2) is 77.3 Å². The quantitative estimate of drug-likeness (QED) is 0.411. The Morgan fingerprint density at radius 2 is 1.90 bits per heavy atom. The van der Waals surface area contributed by atoms with Gasteiger partial charge in [-0.05, 0) is 42.0 Å². The number of aryl methyl sites for hydroxylation is 1. The Kier molecular flexibility index (Phi) is 5.41. The smallest absolute Gasteiger partial charge is 0.266 e. The number of thioether (sulfide) groups is 1. The molecule has 1 aliphatic rings. The third-order valence-corrected chi connectivity index (χ3v) is 6.08. The van der Waals surface area contributed by atoms with E-state index in [0.717, 1.165) is 35.1 Å². The number of para-hydroxylation sites is 2. The summed E-state index contributed by atoms with van der Waals surface area (Å²) >= 11 is 1.42. The fraction of sp³-hybridized carbons (Fsp3) is 0.167. The third kappa shape index (κ3) is 3.66. The monoisotopic (exact) mass is 401 g/mol. The van der Waals surface area contributed by atoms with Crippen LogP contribution < -0.4 is 0 Å². The normalized spacial score (nSPS) is 17.0. The van der Waals surface area contributed by atoms with Crippen molar-refractivity contribution in [1.82, 2.24) is 9.47 Å². The lowest BCUT2D eigenvalue weighted by Crippen LogP contribution is -2.23. The van der Waals surface area contributed by atoms with E-state index < -0.39 is 0 Å². The number of rotatable bonds is 5. The first-order valence-corrected chi connectivity index (χ1v) is 10.5. The summed E-state index contributed by atoms with van der Waals surface area (Å²) in [4.78, 5) is 20.0. The zero-order valence-electron chi connectivity index (χ0n) is 16.6. The van der Waals surface area contributed by atoms with Gasteiger partial charge in [-0.2, -0.15) is 0 Å². The zero-order valence-corrected chi connectivity index (χ0v) is 17.4. The third-order valence-electron chi connectivity index (χ3n) is 5.02. The minimum Gasteiger partial charge on any atom is -0.343 e. The molecular weight excluding hydrogens is 378 g/mol. The van der Waals surface area contributed by atoms with Crippen molar-refractivity contribution < 1.29 is 4.79 Å². The number of likely N-dealkylation sites (N-methyl/N-ethyl adjacent to an activating group) is 1. The Labute approximate surface area is 175 Å². The van der Waals surface area contributed by atoms with E-state index in [-0.39, 0.29) is 5.91 Å². The van der Waals surface area contributed by atoms with Crippen molar-refractivity contribution in [3.05, 3.63) is 83.4 Å². The van der Waals surface area contributed by atoms with Crippen LogP contribution in [-0.4, -0.2) is 27.6 Å². The van der Waals surface area contributed by atoms with E-state index in [0.29, 0.717) is 10.1 Å². The maximum Gasteiger partial charge on any atom is 0.266 e. The van der Waals surface area contributed by atoms with Gasteiger partial charge in [-0.15, -0.1) is 6.58 Å². The molecule has 1 amide bonds. The highest BCUT2D eigenvalue weighted by molar-refractivity contribution is 8.18. The van der Waals surface area contributed by atoms with Gasteiger partial charge in [-0.3, -0.25) is 9.69 Å². The number of fused-ring (bicyclic) bond motifs is 1. The van der Waals surface area contributed by atoms with E-state index in [1.807, 2.05) is 42.5 Å². The van der Waals surface area contributed by atoms with Crippen molar-refractivity contribution in [2.24, 2.45) is 4.99 Å². The molecule has 0 N–H and O–H groups in total. The maximum absolute atomic E-state index is 12.9. The molecule has 0 saturated carbocycles. The summed E-state index contributed by atoms with van der Waals surface area (Å²) in [5, 5.41) is 1.83. The van der Waals surface area contributed by atoms with Crippen LogP contribution in [0.1, 0.15) is 18.1 Å². The molecule has 0 spiro atoms. The first-order valence-electron chi connectivity index (χ1n) is 9.65. The molecule has 0 radical (unpaired) electrons. The first-order chi connectivity index (χ1) is 14.1. The van der Waals surface area contributed by atoms with Crippen molar-refractivity contribution in [3.63, 3.8) is 0 Å². The molecule has 0 aliphatic carbocycles. The van der Waals surface area contributed by atoms with Gasteiger partial charge >= 0.3 is 0 Å². The van der Waals surface area contributed by atoms with E-state index in [2.05, 4.69) is 42.5 Å². The Morgan fingerprint density at radius 1 is 1.14 bits per heavy atom. The minimum atomic E-state index is -0.0247. The number of carbonyl (C=O) groups excluding carboxylic acids is 1. The molecule has 2 aromatic carbocycles. The van der Waals surface area contributed by atoms with Gasteiger partial charge in [0.15, 0.2) is 5.17 Å². The molecule has 4 nitrogen and oxygen atoms in total. The molecule has 5 heteroatoms. The Balaban J connectivity index is 1.73. The molecule has 0 bridgehead atoms. The van der Waals surface area contributed by atoms with Crippen molar-refractivity contribution in [3.8, 4) is 0 Å². The second-order valence-corrected chi connectivity index (χ2v) is 7.90. The summed E-state index contributed by atoms with van der Waals surface area (Å²) in [5.74, 6) is -0.0247. The minimum absolute atomic E-state index is 0.0247. The average molecular weight is 402 g/mol. The Hall–Kier alpha value is -3.05. The second-order valence-electron chi connectivity index (χ2n) is 6.89. The number of carbonyl (C=O) groups is 1. The van der Waals surface area contributed by atoms with Crippen LogP contribution in [0.4, 0.5) is 5.69 Å². The fourth-order valence-electron chi connectivity index (χ4n) is 3.50. The van der Waals surface area contributed by atoms with Crippen LogP contribution in [-0.2, 0) is 17.8 Å². The molecule has 0 atom stereocenters. The van der Waals surface area contributed by atoms with E-state index in [1.165, 1.54) is 17.3 Å². The second kappa shape index (κ2) is 8.13. The van der Waals surface area contributed by atoms with Gasteiger partial charge in [0.2, 0.25) is 0 Å². The van der Waals surface area contributed by atoms with Crippen LogP contribution in [0.5, 0.6) is 0 Å². The topological polar surface area (TPSA) is 37.6 Å². The summed E-state index contributed by atoms with van der Waals surface area (Å²) in [6.45, 7) is 6.68. The molecular formula is C24H23N3OS. The number of hydrogen-bond acceptors (Lipinski definition) is 3. The van der Waals surface area contributed by atoms with E-state index >= 15 is 0 Å². The van der Waals surface area contributed by atoms with Crippen molar-refractivity contribution in [2.45, 2.75) is 19.9 Å². The van der Waals surface area contributed by atoms with E-state index in [9.17, 15) is 4.79 Å². The fourth-order valence-corrected chi connectivity index (χ4v) is 4.47. The van der Waals surface area contributed by atoms with Crippen LogP contribution in [0.25, 0.3) is 17.0 Å². The highest BCUT2D eigenvalue weighted by Crippen LogP contribution is 2.35. The van der Waals surface area contributed by atoms with Gasteiger partial charge in [0, 0.05) is 36.3 Å². The van der Waals surface area contributed by atoms with Gasteiger partial charge < -0.3 is 4.57 Å². The van der Waals surface area contributed by atoms with Crippen LogP contribution >= 0.6 is 11.8 Å².